The molecule has 0 spiro atoms. The van der Waals surface area contributed by atoms with Crippen molar-refractivity contribution in [3.05, 3.63) is 87.7 Å². The van der Waals surface area contributed by atoms with Gasteiger partial charge in [-0.25, -0.2) is 22.8 Å². The Kier molecular flexibility index (Phi) is 6.66. The largest absolute Gasteiger partial charge is 0.243 e. The summed E-state index contributed by atoms with van der Waals surface area (Å²) in [5.74, 6) is -0.269. The van der Waals surface area contributed by atoms with Crippen molar-refractivity contribution < 1.29 is 12.8 Å². The summed E-state index contributed by atoms with van der Waals surface area (Å²) in [6.45, 7) is 1.16. The van der Waals surface area contributed by atoms with Crippen LogP contribution in [0.4, 0.5) is 9.52 Å². The molecule has 37 heavy (non-hydrogen) atoms. The van der Waals surface area contributed by atoms with Gasteiger partial charge in [-0.15, -0.1) is 22.7 Å². The predicted molar refractivity (Wildman–Crippen MR) is 147 cm³/mol. The van der Waals surface area contributed by atoms with Crippen molar-refractivity contribution in [3.8, 4) is 11.3 Å². The molecular formula is C27H25FN4O2S3. The fourth-order valence-electron chi connectivity index (χ4n) is 4.78. The van der Waals surface area contributed by atoms with E-state index in [1.54, 1.807) is 39.9 Å². The van der Waals surface area contributed by atoms with Crippen LogP contribution in [0.1, 0.15) is 42.2 Å². The number of aromatic nitrogens is 1. The fourth-order valence-corrected chi connectivity index (χ4v) is 7.85. The van der Waals surface area contributed by atoms with Gasteiger partial charge >= 0.3 is 0 Å². The first-order valence-electron chi connectivity index (χ1n) is 12.2. The summed E-state index contributed by atoms with van der Waals surface area (Å²) < 4.78 is 41.2. The van der Waals surface area contributed by atoms with E-state index in [9.17, 15) is 12.8 Å². The fraction of sp³-hybridized carbons (Fsp3) is 0.259. The number of hydrazone groups is 1. The summed E-state index contributed by atoms with van der Waals surface area (Å²) in [7, 11) is -3.47. The highest BCUT2D eigenvalue weighted by Gasteiger charge is 2.32. The zero-order valence-corrected chi connectivity index (χ0v) is 22.4. The number of halogens is 1. The summed E-state index contributed by atoms with van der Waals surface area (Å²) >= 11 is 3.13. The minimum absolute atomic E-state index is 0.0891. The Morgan fingerprint density at radius 1 is 0.919 bits per heavy atom. The number of nitrogens with zero attached hydrogens (tertiary/aromatic N) is 4. The van der Waals surface area contributed by atoms with Crippen LogP contribution >= 0.6 is 22.7 Å². The topological polar surface area (TPSA) is 65.9 Å². The van der Waals surface area contributed by atoms with Gasteiger partial charge in [-0.2, -0.15) is 9.41 Å². The molecule has 0 aliphatic carbocycles. The maximum Gasteiger partial charge on any atom is 0.243 e. The van der Waals surface area contributed by atoms with Crippen LogP contribution in [0, 0.1) is 5.82 Å². The normalized spacial score (nSPS) is 18.8. The van der Waals surface area contributed by atoms with Crippen molar-refractivity contribution in [2.75, 3.05) is 18.1 Å². The van der Waals surface area contributed by atoms with E-state index in [0.717, 1.165) is 51.8 Å². The van der Waals surface area contributed by atoms with Crippen molar-refractivity contribution >= 4 is 43.5 Å². The van der Waals surface area contributed by atoms with Crippen LogP contribution in [-0.2, 0) is 10.0 Å². The average Bonchev–Trinajstić information content (AvgIpc) is 3.70. The number of anilines is 1. The first-order chi connectivity index (χ1) is 18.0. The number of thiazole rings is 1. The minimum atomic E-state index is -3.47. The van der Waals surface area contributed by atoms with Gasteiger partial charge in [-0.1, -0.05) is 36.8 Å². The SMILES string of the molecule is O=S(=O)(c1ccc(-c2csc(N3N=C(c4cccs4)CC3c3ccc(F)cc3)n2)cc1)N1CCCCC1. The smallest absolute Gasteiger partial charge is 0.231 e. The summed E-state index contributed by atoms with van der Waals surface area (Å²) in [5.41, 5.74) is 3.56. The van der Waals surface area contributed by atoms with E-state index in [-0.39, 0.29) is 11.9 Å². The summed E-state index contributed by atoms with van der Waals surface area (Å²) in [6, 6.07) is 17.5. The van der Waals surface area contributed by atoms with Crippen LogP contribution in [-0.4, -0.2) is 36.5 Å². The van der Waals surface area contributed by atoms with E-state index in [1.807, 2.05) is 34.0 Å². The Hall–Kier alpha value is -2.92. The zero-order valence-electron chi connectivity index (χ0n) is 20.0. The molecular weight excluding hydrogens is 528 g/mol. The molecule has 4 heterocycles. The number of rotatable bonds is 6. The molecule has 0 bridgehead atoms. The van der Waals surface area contributed by atoms with Crippen molar-refractivity contribution in [2.24, 2.45) is 5.10 Å². The Morgan fingerprint density at radius 2 is 1.68 bits per heavy atom. The number of hydrogen-bond donors (Lipinski definition) is 0. The maximum absolute atomic E-state index is 13.6. The molecule has 0 N–H and O–H groups in total. The van der Waals surface area contributed by atoms with Crippen molar-refractivity contribution in [1.82, 2.24) is 9.29 Å². The third-order valence-corrected chi connectivity index (χ3v) is 10.4. The molecule has 2 aromatic heterocycles. The van der Waals surface area contributed by atoms with Crippen LogP contribution in [0.2, 0.25) is 0 Å². The van der Waals surface area contributed by atoms with Crippen molar-refractivity contribution in [2.45, 2.75) is 36.6 Å². The van der Waals surface area contributed by atoms with Gasteiger partial charge in [0.2, 0.25) is 15.2 Å². The number of piperidine rings is 1. The van der Waals surface area contributed by atoms with Gasteiger partial charge in [-0.3, -0.25) is 0 Å². The number of sulfonamides is 1. The van der Waals surface area contributed by atoms with E-state index in [2.05, 4.69) is 6.07 Å². The van der Waals surface area contributed by atoms with Gasteiger partial charge in [0.25, 0.3) is 0 Å². The second-order valence-electron chi connectivity index (χ2n) is 9.14. The molecule has 0 radical (unpaired) electrons. The van der Waals surface area contributed by atoms with Crippen LogP contribution < -0.4 is 5.01 Å². The number of hydrogen-bond acceptors (Lipinski definition) is 7. The first kappa shape index (κ1) is 24.4. The Morgan fingerprint density at radius 3 is 2.38 bits per heavy atom. The third kappa shape index (κ3) is 4.86. The molecule has 0 saturated carbocycles. The molecule has 10 heteroatoms. The van der Waals surface area contributed by atoms with Crippen LogP contribution in [0.15, 0.2) is 81.4 Å². The van der Waals surface area contributed by atoms with E-state index in [4.69, 9.17) is 10.1 Å². The molecule has 1 saturated heterocycles. The molecule has 6 nitrogen and oxygen atoms in total. The first-order valence-corrected chi connectivity index (χ1v) is 15.4. The minimum Gasteiger partial charge on any atom is -0.231 e. The Bertz CT molecular complexity index is 1510. The van der Waals surface area contributed by atoms with Crippen LogP contribution in [0.25, 0.3) is 11.3 Å². The molecule has 1 fully saturated rings. The lowest BCUT2D eigenvalue weighted by molar-refractivity contribution is 0.346. The van der Waals surface area contributed by atoms with Crippen molar-refractivity contribution in [3.63, 3.8) is 0 Å². The van der Waals surface area contributed by atoms with Gasteiger partial charge in [0.15, 0.2) is 0 Å². The lowest BCUT2D eigenvalue weighted by Crippen LogP contribution is -2.35. The van der Waals surface area contributed by atoms with Crippen molar-refractivity contribution in [1.29, 1.82) is 0 Å². The van der Waals surface area contributed by atoms with E-state index < -0.39 is 10.0 Å². The van der Waals surface area contributed by atoms with Gasteiger partial charge in [0.1, 0.15) is 5.82 Å². The second-order valence-corrected chi connectivity index (χ2v) is 12.9. The maximum atomic E-state index is 13.6. The Labute approximate surface area is 223 Å². The summed E-state index contributed by atoms with van der Waals surface area (Å²) in [6.07, 6.45) is 3.59. The molecule has 190 valence electrons. The molecule has 2 aliphatic rings. The van der Waals surface area contributed by atoms with Gasteiger partial charge in [-0.05, 0) is 54.1 Å². The highest BCUT2D eigenvalue weighted by molar-refractivity contribution is 7.89. The summed E-state index contributed by atoms with van der Waals surface area (Å²) in [5, 5.41) is 11.6. The second kappa shape index (κ2) is 10.1. The molecule has 1 unspecified atom stereocenters. The van der Waals surface area contributed by atoms with Gasteiger partial charge in [0.05, 0.1) is 27.2 Å². The van der Waals surface area contributed by atoms with E-state index in [1.165, 1.54) is 23.5 Å². The lowest BCUT2D eigenvalue weighted by Gasteiger charge is -2.25. The zero-order chi connectivity index (χ0) is 25.4. The van der Waals surface area contributed by atoms with Gasteiger partial charge < -0.3 is 0 Å². The molecule has 0 amide bonds. The van der Waals surface area contributed by atoms with Gasteiger partial charge in [0, 0.05) is 30.5 Å². The molecule has 4 aromatic rings. The quantitative estimate of drug-likeness (QED) is 0.272. The van der Waals surface area contributed by atoms with Crippen LogP contribution in [0.5, 0.6) is 0 Å². The molecule has 2 aromatic carbocycles. The van der Waals surface area contributed by atoms with Crippen LogP contribution in [0.3, 0.4) is 0 Å². The standard InChI is InChI=1S/C27H25FN4O2S3/c28-21-10-6-20(7-11-21)25-17-23(26-5-4-16-35-26)30-32(25)27-29-24(18-36-27)19-8-12-22(13-9-19)37(33,34)31-14-2-1-3-15-31/h4-13,16,18,25H,1-3,14-15,17H2. The lowest BCUT2D eigenvalue weighted by atomic mass is 10.0. The highest BCUT2D eigenvalue weighted by Crippen LogP contribution is 2.40. The average molecular weight is 553 g/mol. The molecule has 6 rings (SSSR count). The Balaban J connectivity index is 1.28. The number of benzene rings is 2. The van der Waals surface area contributed by atoms with E-state index >= 15 is 0 Å². The molecule has 1 atom stereocenters. The molecule has 2 aliphatic heterocycles. The number of thiophene rings is 1. The highest BCUT2D eigenvalue weighted by atomic mass is 32.2. The summed E-state index contributed by atoms with van der Waals surface area (Å²) in [4.78, 5) is 6.28. The van der Waals surface area contributed by atoms with E-state index in [0.29, 0.717) is 24.4 Å². The monoisotopic (exact) mass is 552 g/mol. The third-order valence-electron chi connectivity index (χ3n) is 6.76. The predicted octanol–water partition coefficient (Wildman–Crippen LogP) is 6.54.